The number of benzene rings is 2. The van der Waals surface area contributed by atoms with E-state index in [1.807, 2.05) is 0 Å². The van der Waals surface area contributed by atoms with Crippen LogP contribution in [0.3, 0.4) is 0 Å². The molecule has 144 valence electrons. The van der Waals surface area contributed by atoms with Gasteiger partial charge in [-0.15, -0.1) is 0 Å². The van der Waals surface area contributed by atoms with Crippen molar-refractivity contribution in [3.8, 4) is 16.9 Å². The van der Waals surface area contributed by atoms with Crippen LogP contribution in [0.1, 0.15) is 29.6 Å². The summed E-state index contributed by atoms with van der Waals surface area (Å²) in [5.74, 6) is -0.723. The number of ether oxygens (including phenoxy) is 2. The first-order valence-corrected chi connectivity index (χ1v) is 9.54. The molecule has 0 aromatic heterocycles. The van der Waals surface area contributed by atoms with Gasteiger partial charge in [0.15, 0.2) is 0 Å². The van der Waals surface area contributed by atoms with E-state index in [0.29, 0.717) is 23.4 Å². The monoisotopic (exact) mass is 437 g/mol. The quantitative estimate of drug-likeness (QED) is 0.366. The molecule has 27 heavy (non-hydrogen) atoms. The Morgan fingerprint density at radius 1 is 1.07 bits per heavy atom. The van der Waals surface area contributed by atoms with Crippen molar-refractivity contribution in [3.05, 3.63) is 47.8 Å². The molecule has 0 aliphatic rings. The Kier molecular flexibility index (Phi) is 7.79. The highest BCUT2D eigenvalue weighted by atomic mass is 79.9. The van der Waals surface area contributed by atoms with Crippen molar-refractivity contribution in [2.45, 2.75) is 19.3 Å². The molecule has 7 heteroatoms. The predicted octanol–water partition coefficient (Wildman–Crippen LogP) is 4.79. The number of carbonyl (C=O) groups excluding carboxylic acids is 2. The number of rotatable bonds is 8. The molecule has 0 fully saturated rings. The van der Waals surface area contributed by atoms with Crippen molar-refractivity contribution in [1.29, 1.82) is 0 Å². The van der Waals surface area contributed by atoms with Crippen LogP contribution in [-0.2, 0) is 9.53 Å². The molecule has 0 unspecified atom stereocenters. The summed E-state index contributed by atoms with van der Waals surface area (Å²) in [6, 6.07) is 8.95. The van der Waals surface area contributed by atoms with E-state index in [1.165, 1.54) is 38.5 Å². The average molecular weight is 438 g/mol. The van der Waals surface area contributed by atoms with E-state index in [9.17, 15) is 14.0 Å². The lowest BCUT2D eigenvalue weighted by atomic mass is 10.00. The van der Waals surface area contributed by atoms with E-state index in [0.717, 1.165) is 18.2 Å². The highest BCUT2D eigenvalue weighted by molar-refractivity contribution is 9.09. The molecule has 0 heterocycles. The number of alkyl halides is 1. The lowest BCUT2D eigenvalue weighted by Gasteiger charge is -2.14. The third kappa shape index (κ3) is 5.53. The van der Waals surface area contributed by atoms with Gasteiger partial charge in [0.05, 0.1) is 19.8 Å². The number of hydrogen-bond acceptors (Lipinski definition) is 4. The number of esters is 1. The summed E-state index contributed by atoms with van der Waals surface area (Å²) in [6.07, 6.45) is 1.91. The Hall–Kier alpha value is -2.41. The van der Waals surface area contributed by atoms with Crippen LogP contribution < -0.4 is 10.1 Å². The van der Waals surface area contributed by atoms with Crippen LogP contribution in [0.15, 0.2) is 36.4 Å². The second-order valence-electron chi connectivity index (χ2n) is 5.79. The second kappa shape index (κ2) is 10.1. The summed E-state index contributed by atoms with van der Waals surface area (Å²) in [4.78, 5) is 24.1. The van der Waals surface area contributed by atoms with Crippen LogP contribution in [0.25, 0.3) is 11.1 Å². The molecule has 5 nitrogen and oxygen atoms in total. The van der Waals surface area contributed by atoms with Crippen LogP contribution >= 0.6 is 15.9 Å². The van der Waals surface area contributed by atoms with Crippen LogP contribution in [0.5, 0.6) is 5.75 Å². The van der Waals surface area contributed by atoms with Crippen LogP contribution in [0, 0.1) is 5.82 Å². The Balaban J connectivity index is 2.44. The van der Waals surface area contributed by atoms with Gasteiger partial charge in [-0.2, -0.15) is 0 Å². The van der Waals surface area contributed by atoms with Crippen LogP contribution in [0.2, 0.25) is 0 Å². The van der Waals surface area contributed by atoms with Gasteiger partial charge < -0.3 is 14.8 Å². The van der Waals surface area contributed by atoms with Crippen molar-refractivity contribution in [2.24, 2.45) is 0 Å². The lowest BCUT2D eigenvalue weighted by molar-refractivity contribution is -0.116. The molecular weight excluding hydrogens is 417 g/mol. The zero-order valence-electron chi connectivity index (χ0n) is 15.2. The Morgan fingerprint density at radius 3 is 2.52 bits per heavy atom. The minimum atomic E-state index is -0.539. The van der Waals surface area contributed by atoms with E-state index in [4.69, 9.17) is 9.47 Å². The average Bonchev–Trinajstić information content (AvgIpc) is 2.68. The summed E-state index contributed by atoms with van der Waals surface area (Å²) in [5.41, 5.74) is 1.32. The number of unbranched alkanes of at least 4 members (excludes halogenated alkanes) is 1. The van der Waals surface area contributed by atoms with Gasteiger partial charge in [0.25, 0.3) is 0 Å². The van der Waals surface area contributed by atoms with E-state index in [2.05, 4.69) is 21.2 Å². The number of methoxy groups -OCH3 is 2. The summed E-state index contributed by atoms with van der Waals surface area (Å²) < 4.78 is 24.3. The first-order valence-electron chi connectivity index (χ1n) is 8.42. The maximum atomic E-state index is 14.4. The van der Waals surface area contributed by atoms with Crippen LogP contribution in [-0.4, -0.2) is 31.4 Å². The Bertz CT molecular complexity index is 826. The predicted molar refractivity (Wildman–Crippen MR) is 106 cm³/mol. The molecule has 0 saturated carbocycles. The van der Waals surface area contributed by atoms with Gasteiger partial charge in [-0.1, -0.05) is 22.0 Å². The van der Waals surface area contributed by atoms with E-state index in [1.54, 1.807) is 12.1 Å². The van der Waals surface area contributed by atoms with Gasteiger partial charge in [0.2, 0.25) is 5.91 Å². The van der Waals surface area contributed by atoms with E-state index >= 15 is 0 Å². The van der Waals surface area contributed by atoms with Gasteiger partial charge >= 0.3 is 5.97 Å². The topological polar surface area (TPSA) is 64.6 Å². The smallest absolute Gasteiger partial charge is 0.337 e. The second-order valence-corrected chi connectivity index (χ2v) is 6.58. The first kappa shape index (κ1) is 20.9. The van der Waals surface area contributed by atoms with E-state index < -0.39 is 11.8 Å². The van der Waals surface area contributed by atoms with E-state index in [-0.39, 0.29) is 17.0 Å². The number of nitrogens with one attached hydrogen (secondary N) is 1. The maximum absolute atomic E-state index is 14.4. The van der Waals surface area contributed by atoms with Crippen LogP contribution in [0.4, 0.5) is 10.1 Å². The molecule has 0 aliphatic heterocycles. The fraction of sp³-hybridized carbons (Fsp3) is 0.300. The van der Waals surface area contributed by atoms with Crippen molar-refractivity contribution < 1.29 is 23.5 Å². The molecule has 2 rings (SSSR count). The standard InChI is InChI=1S/C20H21BrFNO4/c1-26-14-7-9-17(22)16(12-14)15-8-6-13(20(25)27-2)11-18(15)23-19(24)5-3-4-10-21/h6-9,11-12H,3-5,10H2,1-2H3,(H,23,24). The largest absolute Gasteiger partial charge is 0.497 e. The number of carbonyl (C=O) groups is 2. The molecule has 0 bridgehead atoms. The minimum Gasteiger partial charge on any atom is -0.497 e. The lowest BCUT2D eigenvalue weighted by Crippen LogP contribution is -2.13. The zero-order chi connectivity index (χ0) is 19.8. The zero-order valence-corrected chi connectivity index (χ0v) is 16.8. The van der Waals surface area contributed by atoms with Gasteiger partial charge in [-0.3, -0.25) is 4.79 Å². The molecule has 1 N–H and O–H groups in total. The van der Waals surface area contributed by atoms with Gasteiger partial charge in [0.1, 0.15) is 11.6 Å². The summed E-state index contributed by atoms with van der Waals surface area (Å²) >= 11 is 3.33. The molecule has 0 atom stereocenters. The third-order valence-corrected chi connectivity index (χ3v) is 4.53. The molecule has 1 amide bonds. The number of anilines is 1. The molecule has 2 aromatic carbocycles. The van der Waals surface area contributed by atoms with Crippen molar-refractivity contribution in [2.75, 3.05) is 24.9 Å². The fourth-order valence-corrected chi connectivity index (χ4v) is 2.95. The molecule has 0 aliphatic carbocycles. The highest BCUT2D eigenvalue weighted by Gasteiger charge is 2.16. The number of amides is 1. The molecule has 0 saturated heterocycles. The Morgan fingerprint density at radius 2 is 1.85 bits per heavy atom. The summed E-state index contributed by atoms with van der Waals surface area (Å²) in [6.45, 7) is 0. The van der Waals surface area contributed by atoms with Gasteiger partial charge in [0, 0.05) is 28.6 Å². The van der Waals surface area contributed by atoms with Gasteiger partial charge in [-0.05, 0) is 43.2 Å². The first-order chi connectivity index (χ1) is 13.0. The Labute approximate surface area is 166 Å². The number of hydrogen-bond donors (Lipinski definition) is 1. The molecule has 2 aromatic rings. The maximum Gasteiger partial charge on any atom is 0.337 e. The SMILES string of the molecule is COC(=O)c1ccc(-c2cc(OC)ccc2F)c(NC(=O)CCCCBr)c1. The molecule has 0 spiro atoms. The van der Waals surface area contributed by atoms with Gasteiger partial charge in [-0.25, -0.2) is 9.18 Å². The summed E-state index contributed by atoms with van der Waals surface area (Å²) in [7, 11) is 2.76. The van der Waals surface area contributed by atoms with Crippen molar-refractivity contribution in [3.63, 3.8) is 0 Å². The highest BCUT2D eigenvalue weighted by Crippen LogP contribution is 2.33. The molecular formula is C20H21BrFNO4. The minimum absolute atomic E-state index is 0.206. The normalized spacial score (nSPS) is 10.4. The number of halogens is 2. The summed E-state index contributed by atoms with van der Waals surface area (Å²) in [5, 5.41) is 3.60. The van der Waals surface area contributed by atoms with Crippen molar-refractivity contribution >= 4 is 33.5 Å². The molecule has 0 radical (unpaired) electrons. The fourth-order valence-electron chi connectivity index (χ4n) is 2.56. The van der Waals surface area contributed by atoms with Crippen molar-refractivity contribution in [1.82, 2.24) is 0 Å². The third-order valence-electron chi connectivity index (χ3n) is 3.97.